The first-order valence-corrected chi connectivity index (χ1v) is 8.98. The fourth-order valence-corrected chi connectivity index (χ4v) is 3.36. The lowest BCUT2D eigenvalue weighted by Crippen LogP contribution is -2.23. The molecule has 6 nitrogen and oxygen atoms in total. The summed E-state index contributed by atoms with van der Waals surface area (Å²) in [6.07, 6.45) is 0.739. The summed E-state index contributed by atoms with van der Waals surface area (Å²) < 4.78 is 0. The van der Waals surface area contributed by atoms with Crippen molar-refractivity contribution in [2.75, 3.05) is 0 Å². The molecule has 132 valence electrons. The molecule has 26 heavy (non-hydrogen) atoms. The van der Waals surface area contributed by atoms with Crippen molar-refractivity contribution in [2.24, 2.45) is 0 Å². The van der Waals surface area contributed by atoms with Crippen molar-refractivity contribution in [3.05, 3.63) is 90.9 Å². The fourth-order valence-electron chi connectivity index (χ4n) is 2.35. The minimum absolute atomic E-state index is 0.00314. The van der Waals surface area contributed by atoms with Gasteiger partial charge in [-0.05, 0) is 17.7 Å². The molecular formula is C18H14ClN3O3S. The van der Waals surface area contributed by atoms with Crippen LogP contribution in [0.5, 0.6) is 0 Å². The number of carbonyl (C=O) groups excluding carboxylic acids is 1. The van der Waals surface area contributed by atoms with E-state index in [1.807, 2.05) is 35.7 Å². The highest BCUT2D eigenvalue weighted by Gasteiger charge is 2.16. The molecular weight excluding hydrogens is 374 g/mol. The maximum absolute atomic E-state index is 12.2. The number of nitrogens with zero attached hydrogens (tertiary/aromatic N) is 2. The third kappa shape index (κ3) is 4.44. The highest BCUT2D eigenvalue weighted by Crippen LogP contribution is 2.25. The number of nitro groups is 1. The molecule has 3 aromatic rings. The first-order chi connectivity index (χ1) is 12.5. The van der Waals surface area contributed by atoms with Crippen molar-refractivity contribution in [3.8, 4) is 0 Å². The number of hydrogen-bond donors (Lipinski definition) is 1. The number of amides is 1. The average molecular weight is 388 g/mol. The van der Waals surface area contributed by atoms with Crippen LogP contribution in [0.25, 0.3) is 0 Å². The predicted octanol–water partition coefficient (Wildman–Crippen LogP) is 4.23. The predicted molar refractivity (Wildman–Crippen MR) is 101 cm³/mol. The van der Waals surface area contributed by atoms with Gasteiger partial charge in [0.15, 0.2) is 0 Å². The van der Waals surface area contributed by atoms with Gasteiger partial charge in [0.2, 0.25) is 0 Å². The Bertz CT molecular complexity index is 944. The molecule has 3 rings (SSSR count). The molecule has 0 unspecified atom stereocenters. The molecule has 0 aliphatic heterocycles. The number of benzene rings is 2. The van der Waals surface area contributed by atoms with Gasteiger partial charge < -0.3 is 5.32 Å². The van der Waals surface area contributed by atoms with Crippen molar-refractivity contribution >= 4 is 34.5 Å². The van der Waals surface area contributed by atoms with E-state index in [0.717, 1.165) is 17.1 Å². The van der Waals surface area contributed by atoms with E-state index < -0.39 is 10.8 Å². The number of nitrogens with one attached hydrogen (secondary N) is 1. The van der Waals surface area contributed by atoms with Crippen LogP contribution in [0.1, 0.15) is 26.6 Å². The molecule has 2 aromatic carbocycles. The van der Waals surface area contributed by atoms with Gasteiger partial charge >= 0.3 is 0 Å². The summed E-state index contributed by atoms with van der Waals surface area (Å²) >= 11 is 7.29. The van der Waals surface area contributed by atoms with Crippen LogP contribution in [0, 0.1) is 10.1 Å². The lowest BCUT2D eigenvalue weighted by atomic mass is 10.2. The maximum atomic E-state index is 12.2. The average Bonchev–Trinajstić information content (AvgIpc) is 3.08. The monoisotopic (exact) mass is 387 g/mol. The molecule has 1 N–H and O–H groups in total. The van der Waals surface area contributed by atoms with Crippen LogP contribution in [0.2, 0.25) is 5.02 Å². The molecule has 0 atom stereocenters. The van der Waals surface area contributed by atoms with Crippen LogP contribution in [0.3, 0.4) is 0 Å². The second-order valence-electron chi connectivity index (χ2n) is 5.50. The maximum Gasteiger partial charge on any atom is 0.288 e. The van der Waals surface area contributed by atoms with Crippen molar-refractivity contribution in [1.82, 2.24) is 10.3 Å². The van der Waals surface area contributed by atoms with Gasteiger partial charge in [-0.3, -0.25) is 14.9 Å². The molecule has 1 aromatic heterocycles. The number of rotatable bonds is 6. The fraction of sp³-hybridized carbons (Fsp3) is 0.111. The van der Waals surface area contributed by atoms with Crippen molar-refractivity contribution in [2.45, 2.75) is 13.0 Å². The minimum atomic E-state index is -0.616. The van der Waals surface area contributed by atoms with Crippen LogP contribution in [-0.4, -0.2) is 15.8 Å². The standard InChI is InChI=1S/C18H14ClN3O3S/c19-15-7-6-13(9-16(15)22(24)25)18(23)20-10-14-11-26-17(21-14)8-12-4-2-1-3-5-12/h1-7,9,11H,8,10H2,(H,20,23). The summed E-state index contributed by atoms with van der Waals surface area (Å²) in [4.78, 5) is 27.0. The summed E-state index contributed by atoms with van der Waals surface area (Å²) in [6.45, 7) is 0.251. The summed E-state index contributed by atoms with van der Waals surface area (Å²) in [5.74, 6) is -0.414. The van der Waals surface area contributed by atoms with Gasteiger partial charge in [0, 0.05) is 23.4 Å². The summed E-state index contributed by atoms with van der Waals surface area (Å²) in [5.41, 5.74) is 1.81. The molecule has 0 spiro atoms. The Morgan fingerprint density at radius 2 is 2.00 bits per heavy atom. The zero-order valence-electron chi connectivity index (χ0n) is 13.5. The summed E-state index contributed by atoms with van der Waals surface area (Å²) in [7, 11) is 0. The second kappa shape index (κ2) is 8.07. The Hall–Kier alpha value is -2.77. The van der Waals surface area contributed by atoms with Crippen LogP contribution >= 0.6 is 22.9 Å². The Balaban J connectivity index is 1.62. The van der Waals surface area contributed by atoms with E-state index >= 15 is 0 Å². The van der Waals surface area contributed by atoms with Gasteiger partial charge in [0.1, 0.15) is 5.02 Å². The van der Waals surface area contributed by atoms with E-state index in [1.54, 1.807) is 0 Å². The lowest BCUT2D eigenvalue weighted by Gasteiger charge is -2.04. The lowest BCUT2D eigenvalue weighted by molar-refractivity contribution is -0.384. The Morgan fingerprint density at radius 3 is 2.73 bits per heavy atom. The quantitative estimate of drug-likeness (QED) is 0.506. The Morgan fingerprint density at radius 1 is 1.23 bits per heavy atom. The van der Waals surface area contributed by atoms with Crippen LogP contribution in [0.15, 0.2) is 53.9 Å². The molecule has 0 fully saturated rings. The van der Waals surface area contributed by atoms with Gasteiger partial charge in [-0.15, -0.1) is 11.3 Å². The number of thiazole rings is 1. The molecule has 1 heterocycles. The first kappa shape index (κ1) is 18.0. The first-order valence-electron chi connectivity index (χ1n) is 7.72. The van der Waals surface area contributed by atoms with Crippen molar-refractivity contribution < 1.29 is 9.72 Å². The van der Waals surface area contributed by atoms with E-state index in [9.17, 15) is 14.9 Å². The van der Waals surface area contributed by atoms with E-state index in [-0.39, 0.29) is 22.8 Å². The van der Waals surface area contributed by atoms with E-state index in [4.69, 9.17) is 11.6 Å². The number of halogens is 1. The van der Waals surface area contributed by atoms with Gasteiger partial charge in [-0.2, -0.15) is 0 Å². The zero-order chi connectivity index (χ0) is 18.5. The van der Waals surface area contributed by atoms with E-state index in [1.165, 1.54) is 35.1 Å². The highest BCUT2D eigenvalue weighted by molar-refractivity contribution is 7.09. The molecule has 0 aliphatic carbocycles. The van der Waals surface area contributed by atoms with Crippen molar-refractivity contribution in [3.63, 3.8) is 0 Å². The van der Waals surface area contributed by atoms with E-state index in [2.05, 4.69) is 10.3 Å². The van der Waals surface area contributed by atoms with Crippen LogP contribution < -0.4 is 5.32 Å². The normalized spacial score (nSPS) is 10.5. The number of aromatic nitrogens is 1. The van der Waals surface area contributed by atoms with Gasteiger partial charge in [0.05, 0.1) is 22.2 Å². The van der Waals surface area contributed by atoms with Gasteiger partial charge in [-0.25, -0.2) is 4.98 Å². The third-order valence-corrected chi connectivity index (χ3v) is 4.85. The molecule has 8 heteroatoms. The van der Waals surface area contributed by atoms with Crippen LogP contribution in [-0.2, 0) is 13.0 Å². The molecule has 0 saturated heterocycles. The van der Waals surface area contributed by atoms with Gasteiger partial charge in [-0.1, -0.05) is 41.9 Å². The third-order valence-electron chi connectivity index (χ3n) is 3.63. The van der Waals surface area contributed by atoms with E-state index in [0.29, 0.717) is 0 Å². The molecule has 0 bridgehead atoms. The summed E-state index contributed by atoms with van der Waals surface area (Å²) in [6, 6.07) is 14.0. The SMILES string of the molecule is O=C(NCc1csc(Cc2ccccc2)n1)c1ccc(Cl)c([N+](=O)[O-])c1. The van der Waals surface area contributed by atoms with Crippen molar-refractivity contribution in [1.29, 1.82) is 0 Å². The molecule has 0 aliphatic rings. The molecule has 0 radical (unpaired) electrons. The topological polar surface area (TPSA) is 85.1 Å². The minimum Gasteiger partial charge on any atom is -0.346 e. The molecule has 1 amide bonds. The zero-order valence-corrected chi connectivity index (χ0v) is 15.1. The number of nitro benzene ring substituents is 1. The van der Waals surface area contributed by atoms with Crippen LogP contribution in [0.4, 0.5) is 5.69 Å². The second-order valence-corrected chi connectivity index (χ2v) is 6.85. The largest absolute Gasteiger partial charge is 0.346 e. The smallest absolute Gasteiger partial charge is 0.288 e. The molecule has 0 saturated carbocycles. The highest BCUT2D eigenvalue weighted by atomic mass is 35.5. The van der Waals surface area contributed by atoms with Gasteiger partial charge in [0.25, 0.3) is 11.6 Å². The Kier molecular flexibility index (Phi) is 5.60. The Labute approximate surface area is 158 Å². The number of carbonyl (C=O) groups is 1. The number of hydrogen-bond acceptors (Lipinski definition) is 5. The summed E-state index contributed by atoms with van der Waals surface area (Å²) in [5, 5.41) is 16.5.